The first-order valence-electron chi connectivity index (χ1n) is 15.3. The highest BCUT2D eigenvalue weighted by molar-refractivity contribution is 6.10. The van der Waals surface area contributed by atoms with Crippen molar-refractivity contribution in [2.45, 2.75) is 84.5 Å². The lowest BCUT2D eigenvalue weighted by atomic mass is 9.39. The predicted octanol–water partition coefficient (Wildman–Crippen LogP) is 4.26. The molecule has 0 aliphatic heterocycles. The predicted molar refractivity (Wildman–Crippen MR) is 160 cm³/mol. The number of fused-ring (bicyclic) bond motifs is 3. The Balaban J connectivity index is 1.69. The first-order chi connectivity index (χ1) is 21.1. The molecule has 0 heterocycles. The van der Waals surface area contributed by atoms with Crippen LogP contribution in [0.15, 0.2) is 30.3 Å². The molecule has 46 heavy (non-hydrogen) atoms. The van der Waals surface area contributed by atoms with E-state index in [0.717, 1.165) is 12.1 Å². The fourth-order valence-electron chi connectivity index (χ4n) is 9.20. The summed E-state index contributed by atoms with van der Waals surface area (Å²) in [6.45, 7) is 10.7. The van der Waals surface area contributed by atoms with Crippen LogP contribution in [0.25, 0.3) is 11.1 Å². The minimum absolute atomic E-state index is 0.0151. The lowest BCUT2D eigenvalue weighted by molar-refractivity contribution is -0.274. The lowest BCUT2D eigenvalue weighted by Gasteiger charge is -2.66. The van der Waals surface area contributed by atoms with Crippen LogP contribution < -0.4 is 10.5 Å². The van der Waals surface area contributed by atoms with Gasteiger partial charge in [-0.05, 0) is 70.9 Å². The summed E-state index contributed by atoms with van der Waals surface area (Å²) in [5.74, 6) is -8.57. The van der Waals surface area contributed by atoms with Crippen LogP contribution in [0.3, 0.4) is 0 Å². The Morgan fingerprint density at radius 1 is 1.07 bits per heavy atom. The molecule has 2 aromatic carbocycles. The third kappa shape index (κ3) is 4.74. The fourth-order valence-corrected chi connectivity index (χ4v) is 9.20. The Kier molecular flexibility index (Phi) is 7.94. The van der Waals surface area contributed by atoms with Crippen LogP contribution in [0.5, 0.6) is 11.5 Å². The van der Waals surface area contributed by atoms with E-state index in [2.05, 4.69) is 4.74 Å². The van der Waals surface area contributed by atoms with Crippen LogP contribution >= 0.6 is 0 Å². The molecule has 2 unspecified atom stereocenters. The zero-order chi connectivity index (χ0) is 34.5. The van der Waals surface area contributed by atoms with Crippen LogP contribution in [0.4, 0.5) is 13.2 Å². The number of carbonyl (C=O) groups is 3. The molecule has 1 amide bonds. The molecule has 2 fully saturated rings. The summed E-state index contributed by atoms with van der Waals surface area (Å²) in [4.78, 5) is 40.9. The van der Waals surface area contributed by atoms with Gasteiger partial charge < -0.3 is 30.9 Å². The SMILES string of the molecule is CC(C)c1cc(-c2ccc(OC(F)(F)F)cc2)c(O)c2c1C[C@]1(C)C[C@]3(C)[C@@H](C(C)C)C(O)[C@@H](C(N)=O)C(=O)[C@]3(O)C(O)[C@H]1C2=O. The zero-order valence-corrected chi connectivity index (χ0v) is 26.5. The van der Waals surface area contributed by atoms with Gasteiger partial charge in [-0.3, -0.25) is 14.4 Å². The Bertz CT molecular complexity index is 1600. The van der Waals surface area contributed by atoms with E-state index in [0.29, 0.717) is 16.7 Å². The number of Topliss-reactive ketones (excluding diaryl/α,β-unsaturated/α-hetero) is 2. The first-order valence-corrected chi connectivity index (χ1v) is 15.3. The molecule has 8 atom stereocenters. The molecule has 5 rings (SSSR count). The lowest BCUT2D eigenvalue weighted by Crippen LogP contribution is -2.79. The molecule has 3 aliphatic carbocycles. The average Bonchev–Trinajstić information content (AvgIpc) is 2.90. The van der Waals surface area contributed by atoms with Gasteiger partial charge in [0.1, 0.15) is 23.5 Å². The maximum atomic E-state index is 14.6. The molecule has 3 aliphatic rings. The maximum absolute atomic E-state index is 14.6. The number of aliphatic hydroxyl groups is 3. The van der Waals surface area contributed by atoms with Gasteiger partial charge in [0, 0.05) is 11.0 Å². The number of alkyl halides is 3. The van der Waals surface area contributed by atoms with Crippen molar-refractivity contribution in [3.8, 4) is 22.6 Å². The smallest absolute Gasteiger partial charge is 0.507 e. The summed E-state index contributed by atoms with van der Waals surface area (Å²) < 4.78 is 42.1. The minimum atomic E-state index is -4.90. The van der Waals surface area contributed by atoms with E-state index >= 15 is 0 Å². The van der Waals surface area contributed by atoms with E-state index in [9.17, 15) is 48.0 Å². The number of phenols is 1. The van der Waals surface area contributed by atoms with Gasteiger partial charge in [-0.1, -0.05) is 53.7 Å². The van der Waals surface area contributed by atoms with Gasteiger partial charge in [0.15, 0.2) is 17.2 Å². The van der Waals surface area contributed by atoms with Crippen molar-refractivity contribution in [2.75, 3.05) is 0 Å². The summed E-state index contributed by atoms with van der Waals surface area (Å²) in [5, 5.41) is 47.2. The number of benzene rings is 2. The van der Waals surface area contributed by atoms with Gasteiger partial charge in [-0.15, -0.1) is 13.2 Å². The molecule has 0 spiro atoms. The molecule has 9 nitrogen and oxygen atoms in total. The summed E-state index contributed by atoms with van der Waals surface area (Å²) in [7, 11) is 0. The van der Waals surface area contributed by atoms with Crippen molar-refractivity contribution in [2.24, 2.45) is 40.2 Å². The van der Waals surface area contributed by atoms with E-state index < -0.39 is 81.7 Å². The number of phenolic OH excluding ortho intramolecular Hbond substituents is 1. The van der Waals surface area contributed by atoms with Crippen molar-refractivity contribution < 1.29 is 52.7 Å². The van der Waals surface area contributed by atoms with Crippen molar-refractivity contribution in [3.63, 3.8) is 0 Å². The highest BCUT2D eigenvalue weighted by Gasteiger charge is 2.76. The van der Waals surface area contributed by atoms with Crippen molar-refractivity contribution in [1.82, 2.24) is 0 Å². The number of amides is 1. The molecule has 12 heteroatoms. The fraction of sp³-hybridized carbons (Fsp3) is 0.559. The van der Waals surface area contributed by atoms with Gasteiger partial charge in [0.2, 0.25) is 5.91 Å². The normalized spacial score (nSPS) is 34.3. The van der Waals surface area contributed by atoms with Gasteiger partial charge in [-0.2, -0.15) is 0 Å². The summed E-state index contributed by atoms with van der Waals surface area (Å²) in [6.07, 6.45) is -8.27. The number of aliphatic hydroxyl groups excluding tert-OH is 2. The standard InChI is InChI=1S/C34H40F3NO8/c1-14(2)18-11-19(16-7-9-17(10-8-16)46-34(35,36)37)25(39)21-20(18)12-31(5)13-32(6)23(15(3)4)27(41)22(30(38)44)28(42)33(32,45)29(43)24(31)26(21)40/h7-11,14-15,22-24,27,29,39,41,43,45H,12-13H2,1-6H3,(H2,38,44)/t22-,23+,24-,27?,29?,31-,32-,33+/m1/s1. The Morgan fingerprint density at radius 2 is 1.65 bits per heavy atom. The summed E-state index contributed by atoms with van der Waals surface area (Å²) in [6, 6.07) is 6.49. The van der Waals surface area contributed by atoms with E-state index in [1.807, 2.05) is 13.8 Å². The quantitative estimate of drug-likeness (QED) is 0.300. The second-order valence-electron chi connectivity index (χ2n) is 14.4. The van der Waals surface area contributed by atoms with Crippen molar-refractivity contribution >= 4 is 17.5 Å². The Labute approximate surface area is 264 Å². The average molecular weight is 648 g/mol. The Hall–Kier alpha value is -3.48. The molecule has 2 saturated carbocycles. The third-order valence-electron chi connectivity index (χ3n) is 10.8. The van der Waals surface area contributed by atoms with E-state index in [1.54, 1.807) is 33.8 Å². The van der Waals surface area contributed by atoms with E-state index in [-0.39, 0.29) is 35.8 Å². The topological polar surface area (TPSA) is 167 Å². The highest BCUT2D eigenvalue weighted by Crippen LogP contribution is 2.66. The number of rotatable bonds is 5. The Morgan fingerprint density at radius 3 is 2.15 bits per heavy atom. The monoisotopic (exact) mass is 647 g/mol. The largest absolute Gasteiger partial charge is 0.573 e. The zero-order valence-electron chi connectivity index (χ0n) is 26.5. The second-order valence-corrected chi connectivity index (χ2v) is 14.4. The number of ether oxygens (including phenoxy) is 1. The molecular formula is C34H40F3NO8. The minimum Gasteiger partial charge on any atom is -0.507 e. The van der Waals surface area contributed by atoms with Gasteiger partial charge in [0.25, 0.3) is 0 Å². The maximum Gasteiger partial charge on any atom is 0.573 e. The van der Waals surface area contributed by atoms with Crippen LogP contribution in [0.1, 0.15) is 75.4 Å². The van der Waals surface area contributed by atoms with Crippen LogP contribution in [0, 0.1) is 34.5 Å². The number of hydrogen-bond donors (Lipinski definition) is 5. The number of carbonyl (C=O) groups excluding carboxylic acids is 3. The molecule has 6 N–H and O–H groups in total. The van der Waals surface area contributed by atoms with E-state index in [1.165, 1.54) is 12.1 Å². The number of aromatic hydroxyl groups is 1. The molecule has 0 saturated heterocycles. The van der Waals surface area contributed by atoms with Crippen molar-refractivity contribution in [3.05, 3.63) is 47.0 Å². The molecule has 0 radical (unpaired) electrons. The summed E-state index contributed by atoms with van der Waals surface area (Å²) >= 11 is 0. The number of primary amides is 1. The number of hydrogen-bond acceptors (Lipinski definition) is 8. The molecule has 2 aromatic rings. The molecule has 0 aromatic heterocycles. The number of ketones is 2. The van der Waals surface area contributed by atoms with Crippen LogP contribution in [0.2, 0.25) is 0 Å². The molecule has 0 bridgehead atoms. The van der Waals surface area contributed by atoms with Crippen LogP contribution in [-0.2, 0) is 16.0 Å². The van der Waals surface area contributed by atoms with Crippen LogP contribution in [-0.4, -0.2) is 62.1 Å². The van der Waals surface area contributed by atoms with E-state index in [4.69, 9.17) is 5.73 Å². The summed E-state index contributed by atoms with van der Waals surface area (Å²) in [5.41, 5.74) is 1.92. The second kappa shape index (κ2) is 10.8. The third-order valence-corrected chi connectivity index (χ3v) is 10.8. The first kappa shape index (κ1) is 33.9. The highest BCUT2D eigenvalue weighted by atomic mass is 19.4. The van der Waals surface area contributed by atoms with Gasteiger partial charge >= 0.3 is 6.36 Å². The number of nitrogens with two attached hydrogens (primary N) is 1. The van der Waals surface area contributed by atoms with Gasteiger partial charge in [0.05, 0.1) is 17.6 Å². The van der Waals surface area contributed by atoms with Gasteiger partial charge in [-0.25, -0.2) is 0 Å². The molecule has 250 valence electrons. The van der Waals surface area contributed by atoms with Crippen molar-refractivity contribution in [1.29, 1.82) is 0 Å². The number of halogens is 3. The molecular weight excluding hydrogens is 607 g/mol.